The van der Waals surface area contributed by atoms with Crippen molar-refractivity contribution in [2.45, 2.75) is 57.4 Å². The van der Waals surface area contributed by atoms with Crippen molar-refractivity contribution >= 4 is 23.2 Å². The maximum atomic E-state index is 12.1. The van der Waals surface area contributed by atoms with Gasteiger partial charge >= 0.3 is 5.97 Å². The van der Waals surface area contributed by atoms with Crippen molar-refractivity contribution in [3.05, 3.63) is 42.1 Å². The van der Waals surface area contributed by atoms with Crippen LogP contribution in [0.15, 0.2) is 36.5 Å². The molecule has 1 saturated carbocycles. The summed E-state index contributed by atoms with van der Waals surface area (Å²) in [6.07, 6.45) is 5.97. The van der Waals surface area contributed by atoms with Crippen LogP contribution in [0.1, 0.15) is 51.5 Å². The van der Waals surface area contributed by atoms with Crippen LogP contribution in [-0.4, -0.2) is 48.5 Å². The van der Waals surface area contributed by atoms with Gasteiger partial charge in [0.15, 0.2) is 0 Å². The molecule has 0 radical (unpaired) electrons. The largest absolute Gasteiger partial charge is 0.492 e. The Hall–Kier alpha value is -2.80. The fourth-order valence-corrected chi connectivity index (χ4v) is 4.81. The maximum Gasteiger partial charge on any atom is 0.314 e. The molecular weight excluding hydrogens is 406 g/mol. The molecule has 2 aliphatic rings. The zero-order chi connectivity index (χ0) is 22.6. The molecule has 32 heavy (non-hydrogen) atoms. The van der Waals surface area contributed by atoms with Gasteiger partial charge in [0, 0.05) is 25.8 Å². The van der Waals surface area contributed by atoms with Crippen molar-refractivity contribution < 1.29 is 19.4 Å². The third-order valence-corrected chi connectivity index (χ3v) is 6.76. The highest BCUT2D eigenvalue weighted by molar-refractivity contribution is 5.85. The number of carboxylic acids is 1. The number of pyridine rings is 1. The molecule has 1 aliphatic heterocycles. The lowest BCUT2D eigenvalue weighted by Crippen LogP contribution is -2.42. The predicted octanol–water partition coefficient (Wildman–Crippen LogP) is 4.74. The lowest BCUT2D eigenvalue weighted by atomic mass is 9.64. The lowest BCUT2D eigenvalue weighted by molar-refractivity contribution is -0.147. The Kier molecular flexibility index (Phi) is 6.84. The van der Waals surface area contributed by atoms with Gasteiger partial charge in [0.25, 0.3) is 0 Å². The van der Waals surface area contributed by atoms with Gasteiger partial charge in [-0.25, -0.2) is 4.98 Å². The molecule has 0 spiro atoms. The molecule has 2 fully saturated rings. The van der Waals surface area contributed by atoms with Crippen LogP contribution >= 0.6 is 0 Å². The highest BCUT2D eigenvalue weighted by Gasteiger charge is 2.46. The van der Waals surface area contributed by atoms with Gasteiger partial charge < -0.3 is 24.8 Å². The van der Waals surface area contributed by atoms with Crippen LogP contribution < -0.4 is 15.0 Å². The molecule has 172 valence electrons. The van der Waals surface area contributed by atoms with Gasteiger partial charge in [0.05, 0.1) is 29.6 Å². The first-order valence-corrected chi connectivity index (χ1v) is 11.7. The molecule has 1 saturated heterocycles. The van der Waals surface area contributed by atoms with Crippen LogP contribution in [0.25, 0.3) is 0 Å². The van der Waals surface area contributed by atoms with Crippen LogP contribution in [-0.2, 0) is 14.9 Å². The monoisotopic (exact) mass is 439 g/mol. The van der Waals surface area contributed by atoms with E-state index in [9.17, 15) is 9.90 Å². The van der Waals surface area contributed by atoms with Gasteiger partial charge in [-0.15, -0.1) is 0 Å². The quantitative estimate of drug-likeness (QED) is 0.584. The third-order valence-electron chi connectivity index (χ3n) is 6.76. The Bertz CT molecular complexity index is 921. The number of ether oxygens (including phenoxy) is 2. The minimum absolute atomic E-state index is 0.394. The third kappa shape index (κ3) is 4.39. The van der Waals surface area contributed by atoms with Crippen molar-refractivity contribution in [3.63, 3.8) is 0 Å². The van der Waals surface area contributed by atoms with E-state index >= 15 is 0 Å². The van der Waals surface area contributed by atoms with Crippen LogP contribution in [0.4, 0.5) is 17.2 Å². The van der Waals surface area contributed by atoms with E-state index < -0.39 is 11.4 Å². The molecule has 1 aromatic carbocycles. The van der Waals surface area contributed by atoms with Crippen LogP contribution in [0.2, 0.25) is 0 Å². The second-order valence-corrected chi connectivity index (χ2v) is 8.54. The number of rotatable bonds is 9. The lowest BCUT2D eigenvalue weighted by Gasteiger charge is -2.40. The van der Waals surface area contributed by atoms with E-state index in [1.54, 1.807) is 6.20 Å². The Labute approximate surface area is 189 Å². The molecule has 1 aromatic heterocycles. The average molecular weight is 440 g/mol. The van der Waals surface area contributed by atoms with Crippen molar-refractivity contribution in [1.82, 2.24) is 4.98 Å². The molecule has 2 heterocycles. The van der Waals surface area contributed by atoms with Gasteiger partial charge in [-0.05, 0) is 69.4 Å². The molecule has 7 nitrogen and oxygen atoms in total. The number of benzene rings is 1. The number of hydrogen-bond donors (Lipinski definition) is 2. The summed E-state index contributed by atoms with van der Waals surface area (Å²) >= 11 is 0. The zero-order valence-corrected chi connectivity index (χ0v) is 19.0. The summed E-state index contributed by atoms with van der Waals surface area (Å²) in [5.41, 5.74) is 2.03. The molecule has 1 aliphatic carbocycles. The number of aliphatic carboxylic acids is 1. The Morgan fingerprint density at radius 3 is 2.59 bits per heavy atom. The zero-order valence-electron chi connectivity index (χ0n) is 19.0. The van der Waals surface area contributed by atoms with Crippen LogP contribution in [0.5, 0.6) is 5.75 Å². The summed E-state index contributed by atoms with van der Waals surface area (Å²) < 4.78 is 11.1. The number of nitrogens with zero attached hydrogens (tertiary/aromatic N) is 2. The van der Waals surface area contributed by atoms with Gasteiger partial charge in [-0.1, -0.05) is 12.5 Å². The summed E-state index contributed by atoms with van der Waals surface area (Å²) in [5, 5.41) is 13.4. The highest BCUT2D eigenvalue weighted by Crippen LogP contribution is 2.46. The van der Waals surface area contributed by atoms with Gasteiger partial charge in [0.1, 0.15) is 11.6 Å². The number of carboxylic acid groups (broad SMARTS) is 1. The molecule has 0 bridgehead atoms. The van der Waals surface area contributed by atoms with E-state index in [1.807, 2.05) is 31.2 Å². The molecule has 0 unspecified atom stereocenters. The number of hydrogen-bond acceptors (Lipinski definition) is 6. The summed E-state index contributed by atoms with van der Waals surface area (Å²) in [4.78, 5) is 19.0. The van der Waals surface area contributed by atoms with Crippen molar-refractivity contribution in [2.24, 2.45) is 0 Å². The Morgan fingerprint density at radius 2 is 2.03 bits per heavy atom. The molecule has 0 atom stereocenters. The fourth-order valence-electron chi connectivity index (χ4n) is 4.81. The van der Waals surface area contributed by atoms with Crippen molar-refractivity contribution in [1.29, 1.82) is 0 Å². The summed E-state index contributed by atoms with van der Waals surface area (Å²) in [5.74, 6) is 0.690. The van der Waals surface area contributed by atoms with Crippen LogP contribution in [0.3, 0.4) is 0 Å². The van der Waals surface area contributed by atoms with E-state index in [1.165, 1.54) is 0 Å². The van der Waals surface area contributed by atoms with E-state index in [4.69, 9.17) is 9.47 Å². The minimum atomic E-state index is -0.781. The molecule has 7 heteroatoms. The maximum absolute atomic E-state index is 12.1. The second kappa shape index (κ2) is 9.77. The van der Waals surface area contributed by atoms with Gasteiger partial charge in [0.2, 0.25) is 0 Å². The topological polar surface area (TPSA) is 83.9 Å². The van der Waals surface area contributed by atoms with Crippen LogP contribution in [0, 0.1) is 0 Å². The highest BCUT2D eigenvalue weighted by atomic mass is 16.5. The predicted molar refractivity (Wildman–Crippen MR) is 125 cm³/mol. The summed E-state index contributed by atoms with van der Waals surface area (Å²) in [7, 11) is 0. The van der Waals surface area contributed by atoms with Gasteiger partial charge in [-0.2, -0.15) is 0 Å². The second-order valence-electron chi connectivity index (χ2n) is 8.54. The first kappa shape index (κ1) is 22.4. The Morgan fingerprint density at radius 1 is 1.25 bits per heavy atom. The summed E-state index contributed by atoms with van der Waals surface area (Å²) in [6.45, 7) is 7.09. The number of aromatic nitrogens is 1. The van der Waals surface area contributed by atoms with E-state index in [0.717, 1.165) is 61.7 Å². The molecule has 0 amide bonds. The summed E-state index contributed by atoms with van der Waals surface area (Å²) in [6, 6.07) is 10.3. The fraction of sp³-hybridized carbons (Fsp3) is 0.520. The van der Waals surface area contributed by atoms with E-state index in [0.29, 0.717) is 31.3 Å². The van der Waals surface area contributed by atoms with Gasteiger partial charge in [-0.3, -0.25) is 4.79 Å². The first-order valence-electron chi connectivity index (χ1n) is 11.7. The minimum Gasteiger partial charge on any atom is -0.492 e. The molecule has 2 aromatic rings. The smallest absolute Gasteiger partial charge is 0.314 e. The standard InChI is InChI=1S/C25H33N3O4/c1-3-28(19-10-14-31-15-11-19)22-8-6-18(25(24(29)30)12-5-13-25)16-21(22)27-23-9-7-20(17-26-23)32-4-2/h6-9,16-17,19H,3-5,10-15H2,1-2H3,(H,26,27)(H,29,30). The first-order chi connectivity index (χ1) is 15.6. The number of anilines is 3. The molecule has 2 N–H and O–H groups in total. The number of carbonyl (C=O) groups is 1. The molecule has 4 rings (SSSR count). The SMILES string of the molecule is CCOc1ccc(Nc2cc(C3(C(=O)O)CCC3)ccc2N(CC)C2CCOCC2)nc1. The molecular formula is C25H33N3O4. The van der Waals surface area contributed by atoms with E-state index in [2.05, 4.69) is 28.2 Å². The van der Waals surface area contributed by atoms with Crippen molar-refractivity contribution in [3.8, 4) is 5.75 Å². The normalized spacial score (nSPS) is 17.9. The van der Waals surface area contributed by atoms with E-state index in [-0.39, 0.29) is 0 Å². The Balaban J connectivity index is 1.70. The average Bonchev–Trinajstić information content (AvgIpc) is 2.77. The van der Waals surface area contributed by atoms with Crippen molar-refractivity contribution in [2.75, 3.05) is 36.6 Å². The number of nitrogens with one attached hydrogen (secondary N) is 1.